The first-order valence-electron chi connectivity index (χ1n) is 8.75. The van der Waals surface area contributed by atoms with Gasteiger partial charge in [-0.25, -0.2) is 0 Å². The Kier molecular flexibility index (Phi) is 15.9. The molecule has 0 aliphatic heterocycles. The van der Waals surface area contributed by atoms with Gasteiger partial charge in [-0.1, -0.05) is 50.2 Å². The topological polar surface area (TPSA) is 61.2 Å². The minimum absolute atomic E-state index is 0.407. The molecule has 0 bridgehead atoms. The zero-order valence-electron chi connectivity index (χ0n) is 17.5. The summed E-state index contributed by atoms with van der Waals surface area (Å²) in [5, 5.41) is 3.46. The highest BCUT2D eigenvalue weighted by Gasteiger charge is 2.34. The van der Waals surface area contributed by atoms with Crippen LogP contribution in [-0.2, 0) is 22.8 Å². The summed E-state index contributed by atoms with van der Waals surface area (Å²) in [7, 11) is 3.01. The fraction of sp³-hybridized carbons (Fsp3) is 0.227. The predicted molar refractivity (Wildman–Crippen MR) is 112 cm³/mol. The lowest BCUT2D eigenvalue weighted by atomic mass is 10.1. The molecule has 0 amide bonds. The van der Waals surface area contributed by atoms with Crippen LogP contribution in [0.2, 0.25) is 0 Å². The Balaban J connectivity index is 0. The zero-order chi connectivity index (χ0) is 23.6. The lowest BCUT2D eigenvalue weighted by Crippen LogP contribution is -2.06. The summed E-state index contributed by atoms with van der Waals surface area (Å²) in [5.74, 6) is 0.650. The molecule has 0 saturated carbocycles. The van der Waals surface area contributed by atoms with E-state index >= 15 is 0 Å². The molecule has 3 rings (SSSR count). The van der Waals surface area contributed by atoms with Crippen molar-refractivity contribution < 1.29 is 27.5 Å². The van der Waals surface area contributed by atoms with Gasteiger partial charge < -0.3 is 14.3 Å². The second-order valence-electron chi connectivity index (χ2n) is 4.92. The number of rotatable bonds is 2. The van der Waals surface area contributed by atoms with Gasteiger partial charge in [0.05, 0.1) is 12.8 Å². The standard InChI is InChI=1S/C12H11F3N2O.C6H6.C2H6.2CH2O/c1-17-10(7-11(16-17)12(13,14)15)8-3-5-9(18-2)6-4-8;1-2-4-6-5-3-1;3*1-2/h3-7H,1-2H3;1-6H;1-2H3;2*1H2. The monoisotopic (exact) mass is 424 g/mol. The molecule has 164 valence electrons. The largest absolute Gasteiger partial charge is 0.497 e. The van der Waals surface area contributed by atoms with E-state index in [9.17, 15) is 13.2 Å². The molecular weight excluding hydrogens is 397 g/mol. The first kappa shape index (κ1) is 28.8. The Morgan fingerprint density at radius 2 is 1.27 bits per heavy atom. The molecule has 5 nitrogen and oxygen atoms in total. The van der Waals surface area contributed by atoms with Crippen LogP contribution in [0.15, 0.2) is 66.7 Å². The molecule has 30 heavy (non-hydrogen) atoms. The second-order valence-corrected chi connectivity index (χ2v) is 4.92. The van der Waals surface area contributed by atoms with Gasteiger partial charge in [-0.2, -0.15) is 18.3 Å². The van der Waals surface area contributed by atoms with Crippen molar-refractivity contribution >= 4 is 13.6 Å². The van der Waals surface area contributed by atoms with Gasteiger partial charge in [0.1, 0.15) is 19.3 Å². The highest BCUT2D eigenvalue weighted by molar-refractivity contribution is 5.61. The van der Waals surface area contributed by atoms with Crippen LogP contribution in [0.1, 0.15) is 19.5 Å². The second kappa shape index (κ2) is 16.5. The molecule has 0 aliphatic rings. The molecule has 0 N–H and O–H groups in total. The van der Waals surface area contributed by atoms with Gasteiger partial charge in [-0.05, 0) is 30.3 Å². The van der Waals surface area contributed by atoms with Gasteiger partial charge in [0.15, 0.2) is 5.69 Å². The van der Waals surface area contributed by atoms with E-state index in [0.717, 1.165) is 6.07 Å². The van der Waals surface area contributed by atoms with Gasteiger partial charge in [0.2, 0.25) is 0 Å². The van der Waals surface area contributed by atoms with Crippen LogP contribution in [0.4, 0.5) is 13.2 Å². The van der Waals surface area contributed by atoms with Crippen molar-refractivity contribution in [2.45, 2.75) is 20.0 Å². The number of aryl methyl sites for hydroxylation is 1. The van der Waals surface area contributed by atoms with Crippen molar-refractivity contribution in [1.82, 2.24) is 9.78 Å². The van der Waals surface area contributed by atoms with Crippen LogP contribution < -0.4 is 4.74 Å². The molecule has 0 unspecified atom stereocenters. The maximum absolute atomic E-state index is 12.5. The number of alkyl halides is 3. The summed E-state index contributed by atoms with van der Waals surface area (Å²) in [6.07, 6.45) is -4.43. The Hall–Kier alpha value is -3.42. The molecule has 1 heterocycles. The number of nitrogens with zero attached hydrogens (tertiary/aromatic N) is 2. The van der Waals surface area contributed by atoms with Gasteiger partial charge in [0, 0.05) is 12.6 Å². The van der Waals surface area contributed by atoms with Crippen LogP contribution in [0.25, 0.3) is 11.3 Å². The van der Waals surface area contributed by atoms with Crippen molar-refractivity contribution in [1.29, 1.82) is 0 Å². The van der Waals surface area contributed by atoms with Crippen LogP contribution in [-0.4, -0.2) is 30.5 Å². The number of carbonyl (C=O) groups excluding carboxylic acids is 2. The van der Waals surface area contributed by atoms with Crippen LogP contribution in [0, 0.1) is 0 Å². The lowest BCUT2D eigenvalue weighted by molar-refractivity contribution is -0.141. The number of hydrogen-bond acceptors (Lipinski definition) is 4. The van der Waals surface area contributed by atoms with Crippen molar-refractivity contribution in [2.24, 2.45) is 7.05 Å². The van der Waals surface area contributed by atoms with Gasteiger partial charge in [-0.15, -0.1) is 0 Å². The maximum Gasteiger partial charge on any atom is 0.435 e. The molecular formula is C22H27F3N2O3. The van der Waals surface area contributed by atoms with Crippen molar-refractivity contribution in [2.75, 3.05) is 7.11 Å². The smallest absolute Gasteiger partial charge is 0.435 e. The quantitative estimate of drug-likeness (QED) is 0.548. The maximum atomic E-state index is 12.5. The van der Waals surface area contributed by atoms with E-state index in [-0.39, 0.29) is 0 Å². The molecule has 3 aromatic rings. The summed E-state index contributed by atoms with van der Waals surface area (Å²) in [6, 6.07) is 19.8. The fourth-order valence-electron chi connectivity index (χ4n) is 2.02. The normalized spacial score (nSPS) is 9.03. The first-order valence-corrected chi connectivity index (χ1v) is 8.75. The number of halogens is 3. The number of hydrogen-bond donors (Lipinski definition) is 0. The summed E-state index contributed by atoms with van der Waals surface area (Å²) < 4.78 is 43.8. The van der Waals surface area contributed by atoms with E-state index < -0.39 is 11.9 Å². The Bertz CT molecular complexity index is 761. The van der Waals surface area contributed by atoms with E-state index in [2.05, 4.69) is 5.10 Å². The molecule has 0 radical (unpaired) electrons. The third kappa shape index (κ3) is 10.2. The average molecular weight is 424 g/mol. The van der Waals surface area contributed by atoms with Crippen LogP contribution in [0.5, 0.6) is 5.75 Å². The molecule has 2 aromatic carbocycles. The number of aromatic nitrogens is 2. The number of methoxy groups -OCH3 is 1. The van der Waals surface area contributed by atoms with E-state index in [1.165, 1.54) is 18.8 Å². The average Bonchev–Trinajstić information content (AvgIpc) is 3.22. The predicted octanol–water partition coefficient (Wildman–Crippen LogP) is 5.46. The Labute approximate surface area is 175 Å². The third-order valence-corrected chi connectivity index (χ3v) is 3.22. The van der Waals surface area contributed by atoms with E-state index in [4.69, 9.17) is 14.3 Å². The minimum atomic E-state index is -4.43. The van der Waals surface area contributed by atoms with Gasteiger partial charge >= 0.3 is 6.18 Å². The minimum Gasteiger partial charge on any atom is -0.497 e. The number of ether oxygens (including phenoxy) is 1. The fourth-order valence-corrected chi connectivity index (χ4v) is 2.02. The first-order chi connectivity index (χ1) is 14.4. The molecule has 0 aliphatic carbocycles. The molecule has 8 heteroatoms. The highest BCUT2D eigenvalue weighted by atomic mass is 19.4. The SMILES string of the molecule is C=O.C=O.CC.COc1ccc(-c2cc(C(F)(F)F)nn2C)cc1.c1ccccc1. The van der Waals surface area contributed by atoms with E-state index in [0.29, 0.717) is 17.0 Å². The van der Waals surface area contributed by atoms with Crippen LogP contribution in [0.3, 0.4) is 0 Å². The lowest BCUT2D eigenvalue weighted by Gasteiger charge is -2.03. The molecule has 0 saturated heterocycles. The van der Waals surface area contributed by atoms with Crippen LogP contribution >= 0.6 is 0 Å². The highest BCUT2D eigenvalue weighted by Crippen LogP contribution is 2.31. The summed E-state index contributed by atoms with van der Waals surface area (Å²) >= 11 is 0. The van der Waals surface area contributed by atoms with Gasteiger partial charge in [0.25, 0.3) is 0 Å². The van der Waals surface area contributed by atoms with E-state index in [1.54, 1.807) is 24.3 Å². The van der Waals surface area contributed by atoms with Crippen molar-refractivity contribution in [3.63, 3.8) is 0 Å². The third-order valence-electron chi connectivity index (χ3n) is 3.22. The Morgan fingerprint density at radius 1 is 0.867 bits per heavy atom. The van der Waals surface area contributed by atoms with E-state index in [1.807, 2.05) is 63.8 Å². The van der Waals surface area contributed by atoms with Crippen molar-refractivity contribution in [3.05, 3.63) is 72.4 Å². The molecule has 0 spiro atoms. The summed E-state index contributed by atoms with van der Waals surface area (Å²) in [5.41, 5.74) is 0.169. The summed E-state index contributed by atoms with van der Waals surface area (Å²) in [4.78, 5) is 16.0. The Morgan fingerprint density at radius 3 is 1.57 bits per heavy atom. The summed E-state index contributed by atoms with van der Waals surface area (Å²) in [6.45, 7) is 8.00. The zero-order valence-corrected chi connectivity index (χ0v) is 17.5. The molecule has 0 fully saturated rings. The molecule has 1 aromatic heterocycles. The molecule has 0 atom stereocenters. The van der Waals surface area contributed by atoms with Crippen molar-refractivity contribution in [3.8, 4) is 17.0 Å². The number of benzene rings is 2. The van der Waals surface area contributed by atoms with Gasteiger partial charge in [-0.3, -0.25) is 4.68 Å². The number of carbonyl (C=O) groups is 2.